The highest BCUT2D eigenvalue weighted by Gasteiger charge is 2.50. The lowest BCUT2D eigenvalue weighted by atomic mass is 9.92. The maximum atomic E-state index is 12.0. The molecule has 2 rings (SSSR count). The molecule has 2 fully saturated rings. The zero-order valence-electron chi connectivity index (χ0n) is 9.79. The molecular formula is C12H21NO2. The van der Waals surface area contributed by atoms with Crippen molar-refractivity contribution in [2.75, 3.05) is 32.8 Å². The summed E-state index contributed by atoms with van der Waals surface area (Å²) >= 11 is 0. The minimum Gasteiger partial charge on any atom is -0.379 e. The van der Waals surface area contributed by atoms with Gasteiger partial charge in [0.2, 0.25) is 0 Å². The van der Waals surface area contributed by atoms with Crippen LogP contribution in [0.4, 0.5) is 0 Å². The summed E-state index contributed by atoms with van der Waals surface area (Å²) in [6, 6.07) is 0. The summed E-state index contributed by atoms with van der Waals surface area (Å²) in [5, 5.41) is 0. The number of hydrogen-bond donors (Lipinski definition) is 0. The van der Waals surface area contributed by atoms with Crippen molar-refractivity contribution in [1.29, 1.82) is 0 Å². The first-order valence-electron chi connectivity index (χ1n) is 5.98. The summed E-state index contributed by atoms with van der Waals surface area (Å²) in [5.41, 5.74) is 0.0194. The van der Waals surface area contributed by atoms with Gasteiger partial charge in [-0.05, 0) is 12.8 Å². The van der Waals surface area contributed by atoms with Crippen LogP contribution >= 0.6 is 0 Å². The van der Waals surface area contributed by atoms with Crippen molar-refractivity contribution in [2.45, 2.75) is 26.7 Å². The maximum absolute atomic E-state index is 12.0. The molecule has 0 bridgehead atoms. The monoisotopic (exact) mass is 211 g/mol. The van der Waals surface area contributed by atoms with Crippen LogP contribution in [0.5, 0.6) is 0 Å². The fourth-order valence-electron chi connectivity index (χ4n) is 2.43. The van der Waals surface area contributed by atoms with Gasteiger partial charge in [-0.25, -0.2) is 0 Å². The van der Waals surface area contributed by atoms with Gasteiger partial charge in [-0.2, -0.15) is 0 Å². The van der Waals surface area contributed by atoms with Crippen LogP contribution in [0.25, 0.3) is 0 Å². The highest BCUT2D eigenvalue weighted by atomic mass is 16.5. The lowest BCUT2D eigenvalue weighted by Crippen LogP contribution is -2.42. The maximum Gasteiger partial charge on any atom is 0.142 e. The number of carbonyl (C=O) groups excluding carboxylic acids is 1. The van der Waals surface area contributed by atoms with Crippen molar-refractivity contribution in [3.63, 3.8) is 0 Å². The van der Waals surface area contributed by atoms with Crippen molar-refractivity contribution in [3.8, 4) is 0 Å². The molecule has 1 saturated carbocycles. The molecule has 0 aromatic rings. The van der Waals surface area contributed by atoms with Crippen molar-refractivity contribution in [1.82, 2.24) is 4.90 Å². The number of carbonyl (C=O) groups is 1. The van der Waals surface area contributed by atoms with Crippen LogP contribution in [-0.4, -0.2) is 43.5 Å². The van der Waals surface area contributed by atoms with Gasteiger partial charge in [0.15, 0.2) is 0 Å². The Hall–Kier alpha value is -0.410. The molecule has 0 aromatic carbocycles. The molecule has 1 aliphatic heterocycles. The summed E-state index contributed by atoms with van der Waals surface area (Å²) in [6.45, 7) is 8.63. The summed E-state index contributed by atoms with van der Waals surface area (Å²) in [6.07, 6.45) is 2.20. The first-order chi connectivity index (χ1) is 7.14. The van der Waals surface area contributed by atoms with E-state index < -0.39 is 0 Å². The summed E-state index contributed by atoms with van der Waals surface area (Å²) in [4.78, 5) is 14.4. The van der Waals surface area contributed by atoms with Crippen molar-refractivity contribution in [3.05, 3.63) is 0 Å². The van der Waals surface area contributed by atoms with Crippen LogP contribution in [-0.2, 0) is 9.53 Å². The van der Waals surface area contributed by atoms with Crippen LogP contribution in [0.15, 0.2) is 0 Å². The number of ether oxygens (including phenoxy) is 1. The largest absolute Gasteiger partial charge is 0.379 e. The summed E-state index contributed by atoms with van der Waals surface area (Å²) in [7, 11) is 0. The van der Waals surface area contributed by atoms with Gasteiger partial charge in [0.05, 0.1) is 13.2 Å². The van der Waals surface area contributed by atoms with Crippen LogP contribution in [0.1, 0.15) is 26.7 Å². The van der Waals surface area contributed by atoms with Crippen molar-refractivity contribution < 1.29 is 9.53 Å². The molecule has 1 saturated heterocycles. The molecule has 0 spiro atoms. The molecule has 0 radical (unpaired) electrons. The second-order valence-corrected chi connectivity index (χ2v) is 5.19. The Morgan fingerprint density at radius 1 is 1.33 bits per heavy atom. The third kappa shape index (κ3) is 2.40. The van der Waals surface area contributed by atoms with Gasteiger partial charge in [-0.3, -0.25) is 9.69 Å². The molecule has 0 atom stereocenters. The van der Waals surface area contributed by atoms with E-state index in [1.54, 1.807) is 0 Å². The number of hydrogen-bond acceptors (Lipinski definition) is 3. The predicted molar refractivity (Wildman–Crippen MR) is 58.8 cm³/mol. The number of Topliss-reactive ketones (excluding diaryl/α,β-unsaturated/α-hetero) is 1. The lowest BCUT2D eigenvalue weighted by molar-refractivity contribution is -0.128. The zero-order chi connectivity index (χ0) is 10.9. The van der Waals surface area contributed by atoms with Gasteiger partial charge in [-0.1, -0.05) is 13.8 Å². The minimum atomic E-state index is 0.0194. The third-order valence-electron chi connectivity index (χ3n) is 3.53. The normalized spacial score (nSPS) is 25.5. The van der Waals surface area contributed by atoms with Crippen LogP contribution in [0.2, 0.25) is 0 Å². The SMILES string of the molecule is CC(C)C(=O)C1(CN2CCOCC2)CC1. The van der Waals surface area contributed by atoms with Gasteiger partial charge >= 0.3 is 0 Å². The molecule has 3 heteroatoms. The Bertz CT molecular complexity index is 240. The Kier molecular flexibility index (Phi) is 3.12. The van der Waals surface area contributed by atoms with E-state index in [1.807, 2.05) is 13.8 Å². The average molecular weight is 211 g/mol. The standard InChI is InChI=1S/C12H21NO2/c1-10(2)11(14)12(3-4-12)9-13-5-7-15-8-6-13/h10H,3-9H2,1-2H3. The van der Waals surface area contributed by atoms with E-state index in [2.05, 4.69) is 4.90 Å². The van der Waals surface area contributed by atoms with Gasteiger partial charge in [0, 0.05) is 31.0 Å². The van der Waals surface area contributed by atoms with E-state index in [0.717, 1.165) is 45.7 Å². The molecule has 1 aliphatic carbocycles. The first-order valence-corrected chi connectivity index (χ1v) is 5.98. The topological polar surface area (TPSA) is 29.5 Å². The second kappa shape index (κ2) is 4.22. The van der Waals surface area contributed by atoms with E-state index in [4.69, 9.17) is 4.74 Å². The second-order valence-electron chi connectivity index (χ2n) is 5.19. The molecule has 0 aromatic heterocycles. The van der Waals surface area contributed by atoms with Gasteiger partial charge in [0.25, 0.3) is 0 Å². The van der Waals surface area contributed by atoms with E-state index in [0.29, 0.717) is 5.78 Å². The number of nitrogens with zero attached hydrogens (tertiary/aromatic N) is 1. The minimum absolute atomic E-state index is 0.0194. The molecule has 0 unspecified atom stereocenters. The molecule has 3 nitrogen and oxygen atoms in total. The number of morpholine rings is 1. The fraction of sp³-hybridized carbons (Fsp3) is 0.917. The van der Waals surface area contributed by atoms with Crippen LogP contribution < -0.4 is 0 Å². The number of ketones is 1. The molecule has 86 valence electrons. The van der Waals surface area contributed by atoms with Crippen LogP contribution in [0.3, 0.4) is 0 Å². The quantitative estimate of drug-likeness (QED) is 0.702. The first kappa shape index (κ1) is 11.1. The van der Waals surface area contributed by atoms with E-state index >= 15 is 0 Å². The fourth-order valence-corrected chi connectivity index (χ4v) is 2.43. The summed E-state index contributed by atoms with van der Waals surface area (Å²) in [5.74, 6) is 0.655. The van der Waals surface area contributed by atoms with Gasteiger partial charge in [0.1, 0.15) is 5.78 Å². The zero-order valence-corrected chi connectivity index (χ0v) is 9.79. The van der Waals surface area contributed by atoms with E-state index in [-0.39, 0.29) is 11.3 Å². The molecule has 0 amide bonds. The molecule has 15 heavy (non-hydrogen) atoms. The van der Waals surface area contributed by atoms with E-state index in [9.17, 15) is 4.79 Å². The molecule has 0 N–H and O–H groups in total. The van der Waals surface area contributed by atoms with E-state index in [1.165, 1.54) is 0 Å². The Morgan fingerprint density at radius 3 is 2.40 bits per heavy atom. The van der Waals surface area contributed by atoms with Gasteiger partial charge in [-0.15, -0.1) is 0 Å². The Morgan fingerprint density at radius 2 is 1.93 bits per heavy atom. The molecular weight excluding hydrogens is 190 g/mol. The lowest BCUT2D eigenvalue weighted by Gasteiger charge is -2.30. The summed E-state index contributed by atoms with van der Waals surface area (Å²) < 4.78 is 5.32. The Labute approximate surface area is 91.8 Å². The van der Waals surface area contributed by atoms with Gasteiger partial charge < -0.3 is 4.74 Å². The molecule has 2 aliphatic rings. The Balaban J connectivity index is 1.90. The highest BCUT2D eigenvalue weighted by Crippen LogP contribution is 2.48. The third-order valence-corrected chi connectivity index (χ3v) is 3.53. The highest BCUT2D eigenvalue weighted by molar-refractivity contribution is 5.89. The molecule has 1 heterocycles. The van der Waals surface area contributed by atoms with Crippen LogP contribution in [0, 0.1) is 11.3 Å². The smallest absolute Gasteiger partial charge is 0.142 e. The predicted octanol–water partition coefficient (Wildman–Crippen LogP) is 1.32. The van der Waals surface area contributed by atoms with Crippen molar-refractivity contribution in [2.24, 2.45) is 11.3 Å². The van der Waals surface area contributed by atoms with Crippen molar-refractivity contribution >= 4 is 5.78 Å². The number of rotatable bonds is 4. The average Bonchev–Trinajstić information content (AvgIpc) is 2.99.